The third-order valence-corrected chi connectivity index (χ3v) is 2.28. The highest BCUT2D eigenvalue weighted by molar-refractivity contribution is 5.28. The Kier molecular flexibility index (Phi) is 4.81. The van der Waals surface area contributed by atoms with Gasteiger partial charge in [0.15, 0.2) is 0 Å². The molecule has 0 unspecified atom stereocenters. The van der Waals surface area contributed by atoms with Crippen LogP contribution >= 0.6 is 0 Å². The first-order valence-corrected chi connectivity index (χ1v) is 5.43. The van der Waals surface area contributed by atoms with Crippen LogP contribution in [0.15, 0.2) is 24.3 Å². The van der Waals surface area contributed by atoms with Crippen LogP contribution in [0.3, 0.4) is 0 Å². The molecule has 0 aliphatic carbocycles. The van der Waals surface area contributed by atoms with Gasteiger partial charge in [-0.15, -0.1) is 0 Å². The van der Waals surface area contributed by atoms with E-state index in [1.807, 2.05) is 19.1 Å². The predicted molar refractivity (Wildman–Crippen MR) is 59.8 cm³/mol. The second kappa shape index (κ2) is 5.91. The zero-order valence-electron chi connectivity index (χ0n) is 9.63. The lowest BCUT2D eigenvalue weighted by Gasteiger charge is -2.09. The third-order valence-electron chi connectivity index (χ3n) is 2.28. The van der Waals surface area contributed by atoms with Gasteiger partial charge in [0.05, 0.1) is 6.61 Å². The minimum atomic E-state index is -4.11. The summed E-state index contributed by atoms with van der Waals surface area (Å²) in [6, 6.07) is 6.99. The van der Waals surface area contributed by atoms with Crippen molar-refractivity contribution in [1.29, 1.82) is 0 Å². The number of alkyl halides is 3. The quantitative estimate of drug-likeness (QED) is 0.809. The summed E-state index contributed by atoms with van der Waals surface area (Å²) in [4.78, 5) is 0. The molecule has 0 spiro atoms. The zero-order chi connectivity index (χ0) is 12.9. The molecule has 0 aromatic heterocycles. The van der Waals surface area contributed by atoms with Crippen LogP contribution in [0.5, 0.6) is 5.75 Å². The summed E-state index contributed by atoms with van der Waals surface area (Å²) in [5.41, 5.74) is 6.63. The molecule has 1 aromatic rings. The number of ether oxygens (including phenoxy) is 1. The molecular weight excluding hydrogens is 231 g/mol. The van der Waals surface area contributed by atoms with E-state index in [-0.39, 0.29) is 19.1 Å². The van der Waals surface area contributed by atoms with Gasteiger partial charge in [0.25, 0.3) is 0 Å². The molecule has 0 heterocycles. The molecule has 0 saturated carbocycles. The maximum atomic E-state index is 11.9. The van der Waals surface area contributed by atoms with Crippen molar-refractivity contribution >= 4 is 0 Å². The average molecular weight is 247 g/mol. The Labute approximate surface area is 98.6 Å². The maximum absolute atomic E-state index is 11.9. The van der Waals surface area contributed by atoms with Crippen molar-refractivity contribution in [2.45, 2.75) is 32.0 Å². The summed E-state index contributed by atoms with van der Waals surface area (Å²) in [6.45, 7) is 1.93. The molecule has 0 bridgehead atoms. The van der Waals surface area contributed by atoms with E-state index in [0.29, 0.717) is 5.75 Å². The van der Waals surface area contributed by atoms with E-state index in [2.05, 4.69) is 0 Å². The van der Waals surface area contributed by atoms with E-state index in [1.165, 1.54) is 0 Å². The Morgan fingerprint density at radius 3 is 2.29 bits per heavy atom. The van der Waals surface area contributed by atoms with Crippen LogP contribution in [0, 0.1) is 0 Å². The van der Waals surface area contributed by atoms with Gasteiger partial charge in [0, 0.05) is 12.5 Å². The summed E-state index contributed by atoms with van der Waals surface area (Å²) in [5, 5.41) is 0. The third kappa shape index (κ3) is 5.58. The molecule has 1 atom stereocenters. The van der Waals surface area contributed by atoms with E-state index < -0.39 is 12.6 Å². The first kappa shape index (κ1) is 13.8. The average Bonchev–Trinajstić information content (AvgIpc) is 2.24. The Morgan fingerprint density at radius 2 is 1.82 bits per heavy atom. The molecule has 0 aliphatic rings. The Balaban J connectivity index is 2.33. The first-order chi connectivity index (χ1) is 7.88. The van der Waals surface area contributed by atoms with Crippen molar-refractivity contribution in [1.82, 2.24) is 0 Å². The van der Waals surface area contributed by atoms with Gasteiger partial charge in [-0.05, 0) is 31.0 Å². The lowest BCUT2D eigenvalue weighted by Crippen LogP contribution is -2.09. The van der Waals surface area contributed by atoms with Crippen LogP contribution < -0.4 is 10.5 Å². The molecule has 0 amide bonds. The first-order valence-electron chi connectivity index (χ1n) is 5.43. The lowest BCUT2D eigenvalue weighted by molar-refractivity contribution is -0.136. The number of hydrogen-bond acceptors (Lipinski definition) is 2. The topological polar surface area (TPSA) is 35.2 Å². The van der Waals surface area contributed by atoms with Crippen molar-refractivity contribution in [3.05, 3.63) is 29.8 Å². The van der Waals surface area contributed by atoms with Gasteiger partial charge in [-0.3, -0.25) is 0 Å². The maximum Gasteiger partial charge on any atom is 0.389 e. The van der Waals surface area contributed by atoms with Crippen LogP contribution in [-0.2, 0) is 0 Å². The van der Waals surface area contributed by atoms with E-state index in [9.17, 15) is 13.2 Å². The minimum absolute atomic E-state index is 0.0292. The molecule has 0 fully saturated rings. The summed E-state index contributed by atoms with van der Waals surface area (Å²) in [7, 11) is 0. The highest BCUT2D eigenvalue weighted by Crippen LogP contribution is 2.22. The fourth-order valence-corrected chi connectivity index (χ4v) is 1.33. The summed E-state index contributed by atoms with van der Waals surface area (Å²) in [5.74, 6) is 0.566. The Morgan fingerprint density at radius 1 is 1.24 bits per heavy atom. The molecular formula is C12H16F3NO. The number of nitrogens with two attached hydrogens (primary N) is 1. The van der Waals surface area contributed by atoms with E-state index in [0.717, 1.165) is 5.56 Å². The molecule has 96 valence electrons. The van der Waals surface area contributed by atoms with Gasteiger partial charge in [-0.25, -0.2) is 0 Å². The van der Waals surface area contributed by atoms with Crippen LogP contribution in [0.2, 0.25) is 0 Å². The van der Waals surface area contributed by atoms with Gasteiger partial charge in [-0.1, -0.05) is 12.1 Å². The smallest absolute Gasteiger partial charge is 0.389 e. The molecule has 2 nitrogen and oxygen atoms in total. The normalized spacial score (nSPS) is 13.5. The Bertz CT molecular complexity index is 333. The fraction of sp³-hybridized carbons (Fsp3) is 0.500. The molecule has 5 heteroatoms. The highest BCUT2D eigenvalue weighted by Gasteiger charge is 2.26. The van der Waals surface area contributed by atoms with Crippen molar-refractivity contribution in [2.75, 3.05) is 6.61 Å². The molecule has 0 radical (unpaired) electrons. The second-order valence-electron chi connectivity index (χ2n) is 3.92. The summed E-state index contributed by atoms with van der Waals surface area (Å²) in [6.07, 6.45) is -4.95. The van der Waals surface area contributed by atoms with Crippen molar-refractivity contribution in [3.63, 3.8) is 0 Å². The van der Waals surface area contributed by atoms with Crippen molar-refractivity contribution < 1.29 is 17.9 Å². The monoisotopic (exact) mass is 247 g/mol. The lowest BCUT2D eigenvalue weighted by atomic mass is 10.1. The van der Waals surface area contributed by atoms with Gasteiger partial charge in [-0.2, -0.15) is 13.2 Å². The predicted octanol–water partition coefficient (Wildman–Crippen LogP) is 3.43. The zero-order valence-corrected chi connectivity index (χ0v) is 9.63. The summed E-state index contributed by atoms with van der Waals surface area (Å²) < 4.78 is 40.8. The fourth-order valence-electron chi connectivity index (χ4n) is 1.33. The molecule has 17 heavy (non-hydrogen) atoms. The number of rotatable bonds is 5. The van der Waals surface area contributed by atoms with E-state index in [4.69, 9.17) is 10.5 Å². The molecule has 0 aliphatic heterocycles. The van der Waals surface area contributed by atoms with E-state index in [1.54, 1.807) is 12.1 Å². The van der Waals surface area contributed by atoms with Gasteiger partial charge in [0.1, 0.15) is 5.75 Å². The number of hydrogen-bond donors (Lipinski definition) is 1. The number of halogens is 3. The molecule has 0 saturated heterocycles. The Hall–Kier alpha value is -1.23. The second-order valence-corrected chi connectivity index (χ2v) is 3.92. The van der Waals surface area contributed by atoms with Crippen LogP contribution in [0.25, 0.3) is 0 Å². The van der Waals surface area contributed by atoms with Crippen LogP contribution in [0.1, 0.15) is 31.4 Å². The minimum Gasteiger partial charge on any atom is -0.494 e. The standard InChI is InChI=1S/C12H16F3NO/c1-9(16)10-3-5-11(6-4-10)17-8-2-7-12(13,14)15/h3-6,9H,2,7-8,16H2,1H3/t9-/m0/s1. The van der Waals surface area contributed by atoms with Crippen molar-refractivity contribution in [2.24, 2.45) is 5.73 Å². The van der Waals surface area contributed by atoms with Crippen LogP contribution in [-0.4, -0.2) is 12.8 Å². The van der Waals surface area contributed by atoms with E-state index >= 15 is 0 Å². The van der Waals surface area contributed by atoms with Gasteiger partial charge < -0.3 is 10.5 Å². The highest BCUT2D eigenvalue weighted by atomic mass is 19.4. The molecule has 2 N–H and O–H groups in total. The van der Waals surface area contributed by atoms with Crippen LogP contribution in [0.4, 0.5) is 13.2 Å². The number of benzene rings is 1. The summed E-state index contributed by atoms with van der Waals surface area (Å²) >= 11 is 0. The largest absolute Gasteiger partial charge is 0.494 e. The van der Waals surface area contributed by atoms with Gasteiger partial charge in [0.2, 0.25) is 0 Å². The SMILES string of the molecule is C[C@H](N)c1ccc(OCCCC(F)(F)F)cc1. The molecule has 1 rings (SSSR count). The van der Waals surface area contributed by atoms with Gasteiger partial charge >= 0.3 is 6.18 Å². The molecule has 1 aromatic carbocycles. The van der Waals surface area contributed by atoms with Crippen molar-refractivity contribution in [3.8, 4) is 5.75 Å².